The van der Waals surface area contributed by atoms with Crippen LogP contribution < -0.4 is 5.32 Å². The molecule has 0 bridgehead atoms. The standard InChI is InChI=1S/C16H24FN/c1-3-10-18-16(9-7-13-5-6-13)14-8-4-12(2)11-15(14)17/h4,8,11,13,16,18H,3,5-7,9-10H2,1-2H3. The van der Waals surface area contributed by atoms with Crippen LogP contribution in [0.25, 0.3) is 0 Å². The second-order valence-electron chi connectivity index (χ2n) is 5.55. The number of hydrogen-bond donors (Lipinski definition) is 1. The fraction of sp³-hybridized carbons (Fsp3) is 0.625. The number of aryl methyl sites for hydroxylation is 1. The smallest absolute Gasteiger partial charge is 0.128 e. The molecule has 0 aromatic heterocycles. The summed E-state index contributed by atoms with van der Waals surface area (Å²) in [5.74, 6) is 0.851. The molecule has 0 heterocycles. The van der Waals surface area contributed by atoms with Gasteiger partial charge in [0.05, 0.1) is 0 Å². The van der Waals surface area contributed by atoms with Gasteiger partial charge in [0.1, 0.15) is 5.82 Å². The lowest BCUT2D eigenvalue weighted by atomic mass is 9.98. The molecule has 1 atom stereocenters. The second kappa shape index (κ2) is 6.33. The molecule has 1 aromatic rings. The van der Waals surface area contributed by atoms with E-state index in [1.165, 1.54) is 19.3 Å². The molecule has 2 heteroatoms. The Balaban J connectivity index is 2.04. The lowest BCUT2D eigenvalue weighted by Gasteiger charge is -2.20. The summed E-state index contributed by atoms with van der Waals surface area (Å²) in [7, 11) is 0. The number of nitrogens with one attached hydrogen (secondary N) is 1. The van der Waals surface area contributed by atoms with Crippen LogP contribution in [0.4, 0.5) is 4.39 Å². The minimum absolute atomic E-state index is 0.0561. The first-order valence-electron chi connectivity index (χ1n) is 7.20. The number of halogens is 1. The molecule has 0 saturated heterocycles. The SMILES string of the molecule is CCCNC(CCC1CC1)c1ccc(C)cc1F. The van der Waals surface area contributed by atoms with Gasteiger partial charge in [0.15, 0.2) is 0 Å². The first-order chi connectivity index (χ1) is 8.70. The van der Waals surface area contributed by atoms with Crippen LogP contribution in [0, 0.1) is 18.7 Å². The van der Waals surface area contributed by atoms with Crippen molar-refractivity contribution in [3.63, 3.8) is 0 Å². The van der Waals surface area contributed by atoms with Gasteiger partial charge in [-0.25, -0.2) is 4.39 Å². The molecule has 18 heavy (non-hydrogen) atoms. The maximum absolute atomic E-state index is 14.0. The molecule has 1 N–H and O–H groups in total. The van der Waals surface area contributed by atoms with Gasteiger partial charge in [-0.3, -0.25) is 0 Å². The van der Waals surface area contributed by atoms with E-state index in [1.54, 1.807) is 6.07 Å². The maximum Gasteiger partial charge on any atom is 0.128 e. The predicted molar refractivity (Wildman–Crippen MR) is 74.1 cm³/mol. The van der Waals surface area contributed by atoms with Crippen LogP contribution >= 0.6 is 0 Å². The average Bonchev–Trinajstić information content (AvgIpc) is 3.14. The number of rotatable bonds is 7. The van der Waals surface area contributed by atoms with Crippen molar-refractivity contribution in [2.75, 3.05) is 6.54 Å². The monoisotopic (exact) mass is 249 g/mol. The zero-order valence-electron chi connectivity index (χ0n) is 11.5. The lowest BCUT2D eigenvalue weighted by molar-refractivity contribution is 0.450. The molecule has 1 unspecified atom stereocenters. The normalized spacial score (nSPS) is 16.8. The van der Waals surface area contributed by atoms with Crippen molar-refractivity contribution in [3.05, 3.63) is 35.1 Å². The largest absolute Gasteiger partial charge is 0.310 e. The molecule has 1 aliphatic rings. The van der Waals surface area contributed by atoms with E-state index in [2.05, 4.69) is 12.2 Å². The Morgan fingerprint density at radius 1 is 1.39 bits per heavy atom. The van der Waals surface area contributed by atoms with E-state index in [9.17, 15) is 4.39 Å². The van der Waals surface area contributed by atoms with Gasteiger partial charge in [0.2, 0.25) is 0 Å². The summed E-state index contributed by atoms with van der Waals surface area (Å²) >= 11 is 0. The Morgan fingerprint density at radius 3 is 2.78 bits per heavy atom. The van der Waals surface area contributed by atoms with Gasteiger partial charge in [-0.2, -0.15) is 0 Å². The van der Waals surface area contributed by atoms with Crippen LogP contribution in [-0.2, 0) is 0 Å². The third-order valence-electron chi connectivity index (χ3n) is 3.73. The van der Waals surface area contributed by atoms with Crippen LogP contribution in [0.15, 0.2) is 18.2 Å². The highest BCUT2D eigenvalue weighted by Crippen LogP contribution is 2.36. The van der Waals surface area contributed by atoms with E-state index in [4.69, 9.17) is 0 Å². The van der Waals surface area contributed by atoms with Crippen LogP contribution in [0.2, 0.25) is 0 Å². The van der Waals surface area contributed by atoms with Gasteiger partial charge < -0.3 is 5.32 Å². The summed E-state index contributed by atoms with van der Waals surface area (Å²) < 4.78 is 14.0. The number of benzene rings is 1. The van der Waals surface area contributed by atoms with Gasteiger partial charge in [0, 0.05) is 11.6 Å². The van der Waals surface area contributed by atoms with Crippen LogP contribution in [0.5, 0.6) is 0 Å². The maximum atomic E-state index is 14.0. The molecule has 0 amide bonds. The first kappa shape index (κ1) is 13.5. The highest BCUT2D eigenvalue weighted by molar-refractivity contribution is 5.26. The molecule has 0 aliphatic heterocycles. The lowest BCUT2D eigenvalue weighted by Crippen LogP contribution is -2.23. The molecule has 100 valence electrons. The quantitative estimate of drug-likeness (QED) is 0.757. The zero-order valence-corrected chi connectivity index (χ0v) is 11.5. The Kier molecular flexibility index (Phi) is 4.76. The molecule has 0 radical (unpaired) electrons. The van der Waals surface area contributed by atoms with Gasteiger partial charge in [-0.15, -0.1) is 0 Å². The molecule has 2 rings (SSSR count). The van der Waals surface area contributed by atoms with Crippen molar-refractivity contribution in [2.45, 2.75) is 52.0 Å². The van der Waals surface area contributed by atoms with Gasteiger partial charge >= 0.3 is 0 Å². The second-order valence-corrected chi connectivity index (χ2v) is 5.55. The third kappa shape index (κ3) is 3.81. The highest BCUT2D eigenvalue weighted by Gasteiger charge is 2.23. The zero-order chi connectivity index (χ0) is 13.0. The average molecular weight is 249 g/mol. The van der Waals surface area contributed by atoms with E-state index in [0.29, 0.717) is 0 Å². The minimum atomic E-state index is -0.0561. The summed E-state index contributed by atoms with van der Waals surface area (Å²) in [6, 6.07) is 5.79. The summed E-state index contributed by atoms with van der Waals surface area (Å²) in [6.45, 7) is 5.05. The van der Waals surface area contributed by atoms with E-state index >= 15 is 0 Å². The van der Waals surface area contributed by atoms with Crippen molar-refractivity contribution in [3.8, 4) is 0 Å². The Morgan fingerprint density at radius 2 is 2.17 bits per heavy atom. The summed E-state index contributed by atoms with van der Waals surface area (Å²) in [5.41, 5.74) is 1.84. The van der Waals surface area contributed by atoms with Crippen LogP contribution in [0.1, 0.15) is 56.2 Å². The first-order valence-corrected chi connectivity index (χ1v) is 7.20. The van der Waals surface area contributed by atoms with Crippen molar-refractivity contribution < 1.29 is 4.39 Å². The molecule has 1 aliphatic carbocycles. The molecular weight excluding hydrogens is 225 g/mol. The fourth-order valence-corrected chi connectivity index (χ4v) is 2.41. The van der Waals surface area contributed by atoms with E-state index in [1.807, 2.05) is 19.1 Å². The molecule has 0 spiro atoms. The number of hydrogen-bond acceptors (Lipinski definition) is 1. The Bertz CT molecular complexity index is 385. The van der Waals surface area contributed by atoms with Crippen molar-refractivity contribution >= 4 is 0 Å². The van der Waals surface area contributed by atoms with Crippen LogP contribution in [0.3, 0.4) is 0 Å². The van der Waals surface area contributed by atoms with Gasteiger partial charge in [0.25, 0.3) is 0 Å². The van der Waals surface area contributed by atoms with Crippen molar-refractivity contribution in [2.24, 2.45) is 5.92 Å². The summed E-state index contributed by atoms with van der Waals surface area (Å²) in [6.07, 6.45) is 6.13. The van der Waals surface area contributed by atoms with E-state index in [0.717, 1.165) is 36.4 Å². The van der Waals surface area contributed by atoms with Gasteiger partial charge in [-0.1, -0.05) is 31.9 Å². The highest BCUT2D eigenvalue weighted by atomic mass is 19.1. The molecule has 1 saturated carbocycles. The predicted octanol–water partition coefficient (Wildman–Crippen LogP) is 4.37. The molecular formula is C16H24FN. The summed E-state index contributed by atoms with van der Waals surface area (Å²) in [4.78, 5) is 0. The van der Waals surface area contributed by atoms with E-state index in [-0.39, 0.29) is 11.9 Å². The van der Waals surface area contributed by atoms with Gasteiger partial charge in [-0.05, 0) is 50.3 Å². The molecule has 1 fully saturated rings. The van der Waals surface area contributed by atoms with E-state index < -0.39 is 0 Å². The molecule has 1 nitrogen and oxygen atoms in total. The Hall–Kier alpha value is -0.890. The van der Waals surface area contributed by atoms with Crippen molar-refractivity contribution in [1.82, 2.24) is 5.32 Å². The molecule has 1 aromatic carbocycles. The van der Waals surface area contributed by atoms with Crippen molar-refractivity contribution in [1.29, 1.82) is 0 Å². The Labute approximate surface area is 110 Å². The third-order valence-corrected chi connectivity index (χ3v) is 3.73. The minimum Gasteiger partial charge on any atom is -0.310 e. The topological polar surface area (TPSA) is 12.0 Å². The summed E-state index contributed by atoms with van der Waals surface area (Å²) in [5, 5.41) is 3.49. The fourth-order valence-electron chi connectivity index (χ4n) is 2.41. The van der Waals surface area contributed by atoms with Crippen LogP contribution in [-0.4, -0.2) is 6.54 Å².